The molecule has 0 aliphatic carbocycles. The molecule has 0 heterocycles. The highest BCUT2D eigenvalue weighted by molar-refractivity contribution is 7.43. The van der Waals surface area contributed by atoms with Gasteiger partial charge in [0.15, 0.2) is 0 Å². The van der Waals surface area contributed by atoms with E-state index in [-0.39, 0.29) is 108 Å². The third-order valence-electron chi connectivity index (χ3n) is 0. The van der Waals surface area contributed by atoms with Crippen LogP contribution in [-0.2, 0) is 126 Å². The lowest BCUT2D eigenvalue weighted by molar-refractivity contribution is -0.330. The second-order valence-electron chi connectivity index (χ2n) is 1.72. The highest BCUT2D eigenvalue weighted by atomic mass is 32.1. The number of hydrogen-bond donors (Lipinski definition) is 0. The van der Waals surface area contributed by atoms with Crippen LogP contribution in [-0.4, -0.2) is 0 Å². The minimum absolute atomic E-state index is 0. The molecule has 0 aromatic rings. The molecule has 0 unspecified atom stereocenters. The summed E-state index contributed by atoms with van der Waals surface area (Å²) in [5.74, 6) is 0. The number of hydrogen-bond acceptors (Lipinski definition) is 12. The van der Waals surface area contributed by atoms with Crippen LogP contribution in [0.2, 0.25) is 0 Å². The Morgan fingerprint density at radius 3 is 0.321 bits per heavy atom. The average Bonchev–Trinajstić information content (AvgIpc) is 1.62. The third-order valence-corrected chi connectivity index (χ3v) is 0. The van der Waals surface area contributed by atoms with Crippen LogP contribution in [0.25, 0.3) is 0 Å². The first kappa shape index (κ1) is 77.2. The van der Waals surface area contributed by atoms with Gasteiger partial charge in [-0.05, 0) is 0 Å². The molecule has 12 nitrogen and oxygen atoms in total. The minimum Gasteiger partial charge on any atom is -0.786 e. The van der Waals surface area contributed by atoms with Crippen molar-refractivity contribution in [2.45, 2.75) is 0 Å². The fourth-order valence-corrected chi connectivity index (χ4v) is 0. The molecule has 0 aromatic carbocycles. The molecule has 0 radical (unpaired) electrons. The Morgan fingerprint density at radius 1 is 0.321 bits per heavy atom. The Kier molecular flexibility index (Phi) is 95.8. The van der Waals surface area contributed by atoms with E-state index < -0.39 is 31.6 Å². The zero-order valence-corrected chi connectivity index (χ0v) is 25.6. The van der Waals surface area contributed by atoms with Crippen molar-refractivity contribution in [2.75, 3.05) is 0 Å². The average molecular weight is 673 g/mol. The molecule has 0 bridgehead atoms. The fourth-order valence-electron chi connectivity index (χ4n) is 0. The largest absolute Gasteiger partial charge is 0.786 e. The van der Waals surface area contributed by atoms with E-state index in [9.17, 15) is 16.8 Å². The summed E-state index contributed by atoms with van der Waals surface area (Å²) in [6, 6.07) is 0. The van der Waals surface area contributed by atoms with Crippen molar-refractivity contribution < 1.29 is 74.2 Å². The van der Waals surface area contributed by atoms with Gasteiger partial charge in [0.1, 0.15) is 31.6 Å². The van der Waals surface area contributed by atoms with Crippen molar-refractivity contribution in [3.05, 3.63) is 0 Å². The Bertz CT molecular complexity index is 316. The number of halogens is 4. The van der Waals surface area contributed by atoms with Gasteiger partial charge in [0.25, 0.3) is 0 Å². The first-order valence-corrected chi connectivity index (χ1v) is 8.60. The van der Waals surface area contributed by atoms with Crippen LogP contribution >= 0.6 is 31.6 Å². The maximum Gasteiger partial charge on any atom is 0.110 e. The summed E-state index contributed by atoms with van der Waals surface area (Å²) in [4.78, 5) is 67.5. The first-order valence-electron chi connectivity index (χ1n) is 2.87. The lowest BCUT2D eigenvalue weighted by Gasteiger charge is -2.15. The lowest BCUT2D eigenvalue weighted by atomic mass is 15.8. The maximum atomic E-state index is 10.1. The molecule has 0 saturated heterocycles. The lowest BCUT2D eigenvalue weighted by Crippen LogP contribution is -2.07. The smallest absolute Gasteiger partial charge is 0.110 e. The van der Waals surface area contributed by atoms with Gasteiger partial charge in [0, 0.05) is 0 Å². The predicted molar refractivity (Wildman–Crippen MR) is 127 cm³/mol. The van der Waals surface area contributed by atoms with Crippen molar-refractivity contribution in [1.82, 2.24) is 0 Å². The summed E-state index contributed by atoms with van der Waals surface area (Å²) in [7, 11) is -22.6. The molecule has 0 rings (SSSR count). The van der Waals surface area contributed by atoms with E-state index in [2.05, 4.69) is 0 Å². The maximum absolute atomic E-state index is 10.1. The van der Waals surface area contributed by atoms with E-state index >= 15 is 0 Å². The Balaban J connectivity index is -0.0000000111. The molecule has 0 N–H and O–H groups in total. The molecule has 192 valence electrons. The molecule has 0 aromatic heterocycles. The summed E-state index contributed by atoms with van der Waals surface area (Å²) in [5, 5.41) is 0. The van der Waals surface area contributed by atoms with E-state index in [1.54, 1.807) is 0 Å². The molecule has 28 heteroatoms. The Labute approximate surface area is 212 Å². The minimum atomic E-state index is -5.64. The second-order valence-corrected chi connectivity index (χ2v) is 5.17. The van der Waals surface area contributed by atoms with Gasteiger partial charge in [0.05, 0.1) is 0 Å². The first-order chi connectivity index (χ1) is 8.00. The van der Waals surface area contributed by atoms with E-state index in [1.165, 1.54) is 0 Å². The van der Waals surface area contributed by atoms with Crippen molar-refractivity contribution in [3.63, 3.8) is 0 Å². The van der Waals surface area contributed by atoms with Crippen LogP contribution in [0.15, 0.2) is 0 Å². The molecule has 0 amide bonds. The predicted octanol–water partition coefficient (Wildman–Crippen LogP) is -11.3. The molecule has 0 aliphatic heterocycles. The number of rotatable bonds is 0. The van der Waals surface area contributed by atoms with Crippen molar-refractivity contribution in [2.24, 2.45) is 0 Å². The van der Waals surface area contributed by atoms with Crippen LogP contribution in [0, 0.1) is 0 Å². The normalized spacial score (nSPS) is 8.43. The summed E-state index contributed by atoms with van der Waals surface area (Å²) < 4.78 is 74.3. The highest BCUT2D eigenvalue weighted by Gasteiger charge is 1.70. The summed E-state index contributed by atoms with van der Waals surface area (Å²) in [5.41, 5.74) is 0. The van der Waals surface area contributed by atoms with Crippen molar-refractivity contribution >= 4 is 140 Å². The van der Waals surface area contributed by atoms with Gasteiger partial charge in [-0.15, -0.1) is 0 Å². The molecule has 0 aliphatic rings. The van der Waals surface area contributed by atoms with Crippen molar-refractivity contribution in [1.29, 1.82) is 0 Å². The van der Waals surface area contributed by atoms with E-state index in [4.69, 9.17) is 57.4 Å². The van der Waals surface area contributed by atoms with Gasteiger partial charge in [-0.25, -0.2) is 16.8 Å². The fraction of sp³-hybridized carbons (Fsp3) is 0. The molecule has 0 atom stereocenters. The molecular formula is H24F4O12P4S8. The van der Waals surface area contributed by atoms with Gasteiger partial charge in [-0.1, -0.05) is 108 Å². The molecule has 0 saturated carbocycles. The topological polar surface area (TPSA) is 253 Å². The zero-order valence-electron chi connectivity index (χ0n) is 12.8. The van der Waals surface area contributed by atoms with Gasteiger partial charge in [0.2, 0.25) is 0 Å². The van der Waals surface area contributed by atoms with E-state index in [1.807, 2.05) is 0 Å². The van der Waals surface area contributed by atoms with E-state index in [0.717, 1.165) is 0 Å². The standard InChI is InChI=1S/4FH2O3P.8H2S/c4*1-5(2,3)4;;;;;;;;/h4*(H2,2,3,4);8*1H2. The summed E-state index contributed by atoms with van der Waals surface area (Å²) in [6.07, 6.45) is 0. The molecular weight excluding hydrogens is 648 g/mol. The Hall–Kier alpha value is 3.12. The second kappa shape index (κ2) is 34.7. The summed E-state index contributed by atoms with van der Waals surface area (Å²) >= 11 is 0. The molecule has 28 heavy (non-hydrogen) atoms. The quantitative estimate of drug-likeness (QED) is 0.132. The van der Waals surface area contributed by atoms with Crippen LogP contribution in [0.5, 0.6) is 0 Å². The van der Waals surface area contributed by atoms with Crippen LogP contribution in [0.4, 0.5) is 16.8 Å². The van der Waals surface area contributed by atoms with Gasteiger partial charge in [-0.3, -0.25) is 0 Å². The van der Waals surface area contributed by atoms with Crippen molar-refractivity contribution in [3.8, 4) is 0 Å². The van der Waals surface area contributed by atoms with E-state index in [0.29, 0.717) is 0 Å². The van der Waals surface area contributed by atoms with Gasteiger partial charge < -0.3 is 57.4 Å². The SMILES string of the molecule is O=P([O-])([O-])F.O=P([O-])([O-])F.O=P([O-])([O-])F.O=P([O-])([O-])F.[SH3+].[SH3+].[SH3+].[SH3+].[SH3+].[SH3+].[SH3+].[SH3+]. The van der Waals surface area contributed by atoms with Crippen LogP contribution in [0.1, 0.15) is 0 Å². The zero-order chi connectivity index (χ0) is 18.0. The van der Waals surface area contributed by atoms with Gasteiger partial charge >= 0.3 is 0 Å². The Morgan fingerprint density at radius 2 is 0.321 bits per heavy atom. The monoisotopic (exact) mass is 672 g/mol. The third kappa shape index (κ3) is 2370. The van der Waals surface area contributed by atoms with Crippen LogP contribution < -0.4 is 39.1 Å². The van der Waals surface area contributed by atoms with Gasteiger partial charge in [-0.2, -0.15) is 0 Å². The highest BCUT2D eigenvalue weighted by Crippen LogP contribution is 2.23. The summed E-state index contributed by atoms with van der Waals surface area (Å²) in [6.45, 7) is 0. The molecule has 0 fully saturated rings. The molecule has 0 spiro atoms. The van der Waals surface area contributed by atoms with Crippen LogP contribution in [0.3, 0.4) is 0 Å².